The lowest BCUT2D eigenvalue weighted by atomic mass is 9.47. The number of carbonyl (C=O) groups excluding carboxylic acids is 1. The van der Waals surface area contributed by atoms with Gasteiger partial charge in [-0.15, -0.1) is 0 Å². The summed E-state index contributed by atoms with van der Waals surface area (Å²) < 4.78 is 5.89. The Hall–Kier alpha value is -1.32. The number of aliphatic carboxylic acids is 1. The number of carboxylic acid groups (broad SMARTS) is 1. The van der Waals surface area contributed by atoms with Crippen molar-refractivity contribution in [3.8, 4) is 0 Å². The number of rotatable bonds is 12. The molecule has 1 N–H and O–H groups in total. The SMILES string of the molecule is CC[C@H](CC[C@@H](C)[C@H]1CC[C@H]2[C@@H]3CC=C4C[C@@H](OC(=O)CCCCC(=O)O)CC[C@]4(C)[C@H]3CC[C@]12C)C(C)C. The van der Waals surface area contributed by atoms with Gasteiger partial charge in [-0.3, -0.25) is 9.59 Å². The molecule has 0 aromatic carbocycles. The van der Waals surface area contributed by atoms with Gasteiger partial charge in [-0.05, 0) is 116 Å². The lowest BCUT2D eigenvalue weighted by Crippen LogP contribution is -2.51. The highest BCUT2D eigenvalue weighted by Crippen LogP contribution is 2.67. The number of carboxylic acids is 1. The normalized spacial score (nSPS) is 37.3. The van der Waals surface area contributed by atoms with E-state index in [1.54, 1.807) is 5.57 Å². The topological polar surface area (TPSA) is 63.6 Å². The first-order chi connectivity index (χ1) is 18.5. The smallest absolute Gasteiger partial charge is 0.306 e. The lowest BCUT2D eigenvalue weighted by Gasteiger charge is -2.58. The first-order valence-corrected chi connectivity index (χ1v) is 16.6. The molecule has 0 amide bonds. The number of carbonyl (C=O) groups is 2. The molecule has 222 valence electrons. The van der Waals surface area contributed by atoms with Crippen LogP contribution in [0.2, 0.25) is 0 Å². The highest BCUT2D eigenvalue weighted by Gasteiger charge is 2.59. The molecule has 0 radical (unpaired) electrons. The first kappa shape index (κ1) is 30.6. The van der Waals surface area contributed by atoms with Gasteiger partial charge in [-0.1, -0.05) is 66.0 Å². The van der Waals surface area contributed by atoms with E-state index < -0.39 is 5.97 Å². The summed E-state index contributed by atoms with van der Waals surface area (Å²) >= 11 is 0. The molecule has 0 aromatic rings. The maximum absolute atomic E-state index is 12.4. The number of esters is 1. The molecule has 9 atom stereocenters. The van der Waals surface area contributed by atoms with E-state index >= 15 is 0 Å². The van der Waals surface area contributed by atoms with Gasteiger partial charge in [0.25, 0.3) is 0 Å². The van der Waals surface area contributed by atoms with Gasteiger partial charge < -0.3 is 9.84 Å². The number of allylic oxidation sites excluding steroid dienone is 1. The average Bonchev–Trinajstić information content (AvgIpc) is 3.24. The predicted octanol–water partition coefficient (Wildman–Crippen LogP) is 9.22. The summed E-state index contributed by atoms with van der Waals surface area (Å²) in [4.78, 5) is 23.1. The summed E-state index contributed by atoms with van der Waals surface area (Å²) in [6, 6.07) is 0. The molecule has 0 aromatic heterocycles. The summed E-state index contributed by atoms with van der Waals surface area (Å²) in [5.74, 6) is 4.92. The zero-order valence-electron chi connectivity index (χ0n) is 26.0. The second-order valence-electron chi connectivity index (χ2n) is 14.9. The van der Waals surface area contributed by atoms with Gasteiger partial charge in [-0.2, -0.15) is 0 Å². The Morgan fingerprint density at radius 3 is 2.44 bits per heavy atom. The average molecular weight is 543 g/mol. The third-order valence-electron chi connectivity index (χ3n) is 12.6. The monoisotopic (exact) mass is 542 g/mol. The van der Waals surface area contributed by atoms with E-state index in [9.17, 15) is 9.59 Å². The van der Waals surface area contributed by atoms with Crippen LogP contribution in [0.1, 0.15) is 138 Å². The van der Waals surface area contributed by atoms with Crippen molar-refractivity contribution in [2.45, 2.75) is 144 Å². The minimum Gasteiger partial charge on any atom is -0.481 e. The van der Waals surface area contributed by atoms with Gasteiger partial charge in [0.15, 0.2) is 0 Å². The molecule has 3 saturated carbocycles. The van der Waals surface area contributed by atoms with Gasteiger partial charge >= 0.3 is 11.9 Å². The standard InChI is InChI=1S/C35H58O4/c1-7-25(23(2)3)13-12-24(4)29-16-17-30-28-15-14-26-22-27(39-33(38)11-9-8-10-32(36)37)18-20-34(26,5)31(28)19-21-35(29,30)6/h14,23-25,27-31H,7-13,15-22H2,1-6H3,(H,36,37)/t24-,25-,27+,28+,29-,30+,31+,34+,35-/m1/s1. The molecule has 0 bridgehead atoms. The van der Waals surface area contributed by atoms with Gasteiger partial charge in [-0.25, -0.2) is 0 Å². The van der Waals surface area contributed by atoms with E-state index in [-0.39, 0.29) is 23.9 Å². The van der Waals surface area contributed by atoms with Crippen molar-refractivity contribution in [2.24, 2.45) is 52.3 Å². The maximum Gasteiger partial charge on any atom is 0.306 e. The van der Waals surface area contributed by atoms with Crippen molar-refractivity contribution in [1.82, 2.24) is 0 Å². The van der Waals surface area contributed by atoms with Crippen LogP contribution in [0.4, 0.5) is 0 Å². The quantitative estimate of drug-likeness (QED) is 0.152. The molecule has 4 aliphatic carbocycles. The fourth-order valence-corrected chi connectivity index (χ4v) is 10.2. The minimum absolute atomic E-state index is 0.00352. The molecule has 3 fully saturated rings. The summed E-state index contributed by atoms with van der Waals surface area (Å²) in [5.41, 5.74) is 2.34. The van der Waals surface area contributed by atoms with E-state index in [2.05, 4.69) is 47.6 Å². The molecule has 4 aliphatic rings. The number of unbranched alkanes of at least 4 members (excludes halogenated alkanes) is 1. The second-order valence-corrected chi connectivity index (χ2v) is 14.9. The Morgan fingerprint density at radius 2 is 1.74 bits per heavy atom. The van der Waals surface area contributed by atoms with E-state index in [1.807, 2.05) is 0 Å². The lowest BCUT2D eigenvalue weighted by molar-refractivity contribution is -0.152. The van der Waals surface area contributed by atoms with Crippen molar-refractivity contribution in [3.63, 3.8) is 0 Å². The third-order valence-corrected chi connectivity index (χ3v) is 12.6. The zero-order chi connectivity index (χ0) is 28.4. The summed E-state index contributed by atoms with van der Waals surface area (Å²) in [5, 5.41) is 8.80. The minimum atomic E-state index is -0.796. The molecule has 0 aliphatic heterocycles. The van der Waals surface area contributed by atoms with Crippen molar-refractivity contribution < 1.29 is 19.4 Å². The molecule has 4 heteroatoms. The molecule has 0 heterocycles. The van der Waals surface area contributed by atoms with Crippen LogP contribution in [0, 0.1) is 52.3 Å². The molecule has 39 heavy (non-hydrogen) atoms. The van der Waals surface area contributed by atoms with Crippen LogP contribution >= 0.6 is 0 Å². The molecule has 0 saturated heterocycles. The molecule has 4 rings (SSSR count). The molecular weight excluding hydrogens is 484 g/mol. The summed E-state index contributed by atoms with van der Waals surface area (Å²) in [6.07, 6.45) is 18.1. The molecule has 0 unspecified atom stereocenters. The molecule has 4 nitrogen and oxygen atoms in total. The van der Waals surface area contributed by atoms with Gasteiger partial charge in [0.1, 0.15) is 6.10 Å². The molecule has 0 spiro atoms. The fraction of sp³-hybridized carbons (Fsp3) is 0.886. The van der Waals surface area contributed by atoms with E-state index in [1.165, 1.54) is 51.4 Å². The van der Waals surface area contributed by atoms with Crippen LogP contribution in [-0.2, 0) is 14.3 Å². The van der Waals surface area contributed by atoms with Crippen LogP contribution in [-0.4, -0.2) is 23.1 Å². The molecular formula is C35H58O4. The Balaban J connectivity index is 1.35. The second kappa shape index (κ2) is 12.7. The number of hydrogen-bond acceptors (Lipinski definition) is 3. The number of ether oxygens (including phenoxy) is 1. The van der Waals surface area contributed by atoms with Crippen molar-refractivity contribution >= 4 is 11.9 Å². The van der Waals surface area contributed by atoms with Crippen LogP contribution in [0.15, 0.2) is 11.6 Å². The van der Waals surface area contributed by atoms with Gasteiger partial charge in [0, 0.05) is 19.3 Å². The van der Waals surface area contributed by atoms with Crippen LogP contribution in [0.5, 0.6) is 0 Å². The number of hydrogen-bond donors (Lipinski definition) is 1. The van der Waals surface area contributed by atoms with E-state index in [4.69, 9.17) is 9.84 Å². The Bertz CT molecular complexity index is 891. The first-order valence-electron chi connectivity index (χ1n) is 16.6. The highest BCUT2D eigenvalue weighted by molar-refractivity contribution is 5.70. The van der Waals surface area contributed by atoms with Crippen molar-refractivity contribution in [2.75, 3.05) is 0 Å². The highest BCUT2D eigenvalue weighted by atomic mass is 16.5. The third kappa shape index (κ3) is 6.45. The van der Waals surface area contributed by atoms with Crippen molar-refractivity contribution in [1.29, 1.82) is 0 Å². The van der Waals surface area contributed by atoms with Crippen molar-refractivity contribution in [3.05, 3.63) is 11.6 Å². The van der Waals surface area contributed by atoms with Crippen LogP contribution in [0.25, 0.3) is 0 Å². The summed E-state index contributed by atoms with van der Waals surface area (Å²) in [6.45, 7) is 15.0. The summed E-state index contributed by atoms with van der Waals surface area (Å²) in [7, 11) is 0. The Labute approximate surface area is 239 Å². The number of fused-ring (bicyclic) bond motifs is 5. The van der Waals surface area contributed by atoms with Crippen LogP contribution in [0.3, 0.4) is 0 Å². The fourth-order valence-electron chi connectivity index (χ4n) is 10.2. The maximum atomic E-state index is 12.4. The predicted molar refractivity (Wildman–Crippen MR) is 158 cm³/mol. The van der Waals surface area contributed by atoms with Crippen LogP contribution < -0.4 is 0 Å². The van der Waals surface area contributed by atoms with Gasteiger partial charge in [0.2, 0.25) is 0 Å². The van der Waals surface area contributed by atoms with E-state index in [0.29, 0.717) is 24.7 Å². The largest absolute Gasteiger partial charge is 0.481 e. The Kier molecular flexibility index (Phi) is 9.96. The van der Waals surface area contributed by atoms with Gasteiger partial charge in [0.05, 0.1) is 0 Å². The zero-order valence-corrected chi connectivity index (χ0v) is 26.0. The van der Waals surface area contributed by atoms with E-state index in [0.717, 1.165) is 60.7 Å². The Morgan fingerprint density at radius 1 is 1.00 bits per heavy atom.